The Hall–Kier alpha value is -1.33. The molecule has 2 aliphatic rings. The monoisotopic (exact) mass is 310 g/mol. The summed E-state index contributed by atoms with van der Waals surface area (Å²) in [6.07, 6.45) is 5.63. The van der Waals surface area contributed by atoms with Gasteiger partial charge in [-0.2, -0.15) is 0 Å². The van der Waals surface area contributed by atoms with Gasteiger partial charge in [-0.3, -0.25) is 10.1 Å². The van der Waals surface area contributed by atoms with E-state index in [4.69, 9.17) is 16.3 Å². The maximum absolute atomic E-state index is 11.1. The number of ether oxygens (including phenoxy) is 1. The van der Waals surface area contributed by atoms with Crippen LogP contribution < -0.4 is 10.1 Å². The molecule has 1 N–H and O–H groups in total. The maximum Gasteiger partial charge on any atom is 0.312 e. The number of hydrogen-bond acceptors (Lipinski definition) is 4. The molecular formula is C15H19ClN2O3. The molecule has 1 aromatic carbocycles. The summed E-state index contributed by atoms with van der Waals surface area (Å²) in [5, 5.41) is 14.9. The van der Waals surface area contributed by atoms with Crippen molar-refractivity contribution in [2.24, 2.45) is 5.41 Å². The van der Waals surface area contributed by atoms with Crippen LogP contribution in [-0.4, -0.2) is 24.1 Å². The van der Waals surface area contributed by atoms with Crippen LogP contribution in [0, 0.1) is 15.5 Å². The molecule has 5 nitrogen and oxygen atoms in total. The normalized spacial score (nSPS) is 26.6. The van der Waals surface area contributed by atoms with E-state index in [-0.39, 0.29) is 17.2 Å². The first kappa shape index (κ1) is 14.6. The summed E-state index contributed by atoms with van der Waals surface area (Å²) in [6, 6.07) is 5.05. The van der Waals surface area contributed by atoms with Gasteiger partial charge in [-0.15, -0.1) is 0 Å². The first-order valence-corrected chi connectivity index (χ1v) is 7.72. The van der Waals surface area contributed by atoms with Crippen LogP contribution in [0.5, 0.6) is 5.75 Å². The van der Waals surface area contributed by atoms with Gasteiger partial charge in [0.15, 0.2) is 5.75 Å². The zero-order chi connectivity index (χ0) is 15.0. The summed E-state index contributed by atoms with van der Waals surface area (Å²) in [5.74, 6) is 0.329. The molecule has 6 heteroatoms. The molecule has 2 saturated carbocycles. The summed E-state index contributed by atoms with van der Waals surface area (Å²) in [4.78, 5) is 10.7. The number of benzene rings is 1. The Kier molecular flexibility index (Phi) is 3.80. The van der Waals surface area contributed by atoms with Crippen molar-refractivity contribution >= 4 is 17.3 Å². The van der Waals surface area contributed by atoms with E-state index in [2.05, 4.69) is 5.32 Å². The van der Waals surface area contributed by atoms with E-state index >= 15 is 0 Å². The average Bonchev–Trinajstić information content (AvgIpc) is 2.96. The van der Waals surface area contributed by atoms with Crippen LogP contribution >= 0.6 is 11.6 Å². The van der Waals surface area contributed by atoms with E-state index in [0.717, 1.165) is 19.3 Å². The van der Waals surface area contributed by atoms with E-state index in [1.54, 1.807) is 12.1 Å². The number of nitro benzene ring substituents is 1. The predicted molar refractivity (Wildman–Crippen MR) is 80.9 cm³/mol. The van der Waals surface area contributed by atoms with Gasteiger partial charge in [-0.05, 0) is 32.0 Å². The minimum Gasteiger partial charge on any atom is -0.483 e. The zero-order valence-corrected chi connectivity index (χ0v) is 12.7. The highest BCUT2D eigenvalue weighted by Gasteiger charge is 2.57. The maximum atomic E-state index is 11.1. The molecule has 2 unspecified atom stereocenters. The van der Waals surface area contributed by atoms with Gasteiger partial charge in [-0.1, -0.05) is 24.4 Å². The third-order valence-electron chi connectivity index (χ3n) is 5.05. The second kappa shape index (κ2) is 5.46. The van der Waals surface area contributed by atoms with Gasteiger partial charge < -0.3 is 10.1 Å². The number of nitro groups is 1. The SMILES string of the molecule is CNC1CC(Oc2ccc(Cl)cc2[N+](=O)[O-])C12CCCC2. The fourth-order valence-electron chi connectivity index (χ4n) is 3.91. The Bertz CT molecular complexity index is 558. The highest BCUT2D eigenvalue weighted by atomic mass is 35.5. The van der Waals surface area contributed by atoms with Gasteiger partial charge in [0.2, 0.25) is 0 Å². The molecule has 2 atom stereocenters. The van der Waals surface area contributed by atoms with Crippen LogP contribution in [-0.2, 0) is 0 Å². The smallest absolute Gasteiger partial charge is 0.312 e. The standard InChI is InChI=1S/C15H19ClN2O3/c1-17-13-9-14(15(13)6-2-3-7-15)21-12-5-4-10(16)8-11(12)18(19)20/h4-5,8,13-14,17H,2-3,6-7,9H2,1H3. The van der Waals surface area contributed by atoms with E-state index in [1.165, 1.54) is 18.9 Å². The Labute approximate surface area is 128 Å². The zero-order valence-electron chi connectivity index (χ0n) is 12.0. The third kappa shape index (κ3) is 2.38. The van der Waals surface area contributed by atoms with Gasteiger partial charge in [0, 0.05) is 29.0 Å². The summed E-state index contributed by atoms with van der Waals surface area (Å²) in [5.41, 5.74) is 0.0889. The molecule has 2 fully saturated rings. The van der Waals surface area contributed by atoms with Crippen molar-refractivity contribution in [2.45, 2.75) is 44.2 Å². The van der Waals surface area contributed by atoms with Crippen molar-refractivity contribution in [2.75, 3.05) is 7.05 Å². The molecule has 0 saturated heterocycles. The first-order chi connectivity index (χ1) is 10.1. The van der Waals surface area contributed by atoms with Crippen LogP contribution in [0.3, 0.4) is 0 Å². The Morgan fingerprint density at radius 3 is 2.76 bits per heavy atom. The molecule has 3 rings (SSSR count). The fourth-order valence-corrected chi connectivity index (χ4v) is 4.07. The molecule has 114 valence electrons. The van der Waals surface area contributed by atoms with Crippen molar-refractivity contribution in [1.82, 2.24) is 5.32 Å². The second-order valence-corrected chi connectivity index (χ2v) is 6.43. The Morgan fingerprint density at radius 1 is 1.43 bits per heavy atom. The molecule has 1 spiro atoms. The van der Waals surface area contributed by atoms with Crippen molar-refractivity contribution in [3.05, 3.63) is 33.3 Å². The quantitative estimate of drug-likeness (QED) is 0.682. The lowest BCUT2D eigenvalue weighted by atomic mass is 9.60. The molecule has 0 radical (unpaired) electrons. The van der Waals surface area contributed by atoms with Crippen molar-refractivity contribution < 1.29 is 9.66 Å². The molecule has 21 heavy (non-hydrogen) atoms. The summed E-state index contributed by atoms with van der Waals surface area (Å²) >= 11 is 5.84. The van der Waals surface area contributed by atoms with E-state index in [0.29, 0.717) is 16.8 Å². The lowest BCUT2D eigenvalue weighted by Gasteiger charge is -2.53. The largest absolute Gasteiger partial charge is 0.483 e. The van der Waals surface area contributed by atoms with Crippen LogP contribution in [0.4, 0.5) is 5.69 Å². The minimum absolute atomic E-state index is 0.0523. The van der Waals surface area contributed by atoms with Gasteiger partial charge in [0.1, 0.15) is 6.10 Å². The van der Waals surface area contributed by atoms with Gasteiger partial charge in [0.25, 0.3) is 0 Å². The van der Waals surface area contributed by atoms with Crippen LogP contribution in [0.2, 0.25) is 5.02 Å². The molecule has 0 aromatic heterocycles. The third-order valence-corrected chi connectivity index (χ3v) is 5.29. The highest BCUT2D eigenvalue weighted by molar-refractivity contribution is 6.30. The number of rotatable bonds is 4. The van der Waals surface area contributed by atoms with Gasteiger partial charge in [0.05, 0.1) is 4.92 Å². The van der Waals surface area contributed by atoms with Gasteiger partial charge >= 0.3 is 5.69 Å². The summed E-state index contributed by atoms with van der Waals surface area (Å²) < 4.78 is 6.03. The Morgan fingerprint density at radius 2 is 2.14 bits per heavy atom. The van der Waals surface area contributed by atoms with Crippen LogP contribution in [0.15, 0.2) is 18.2 Å². The molecular weight excluding hydrogens is 292 g/mol. The molecule has 1 aromatic rings. The molecule has 0 aliphatic heterocycles. The van der Waals surface area contributed by atoms with Crippen LogP contribution in [0.25, 0.3) is 0 Å². The number of nitrogens with zero attached hydrogens (tertiary/aromatic N) is 1. The van der Waals surface area contributed by atoms with Crippen molar-refractivity contribution in [3.8, 4) is 5.75 Å². The Balaban J connectivity index is 1.83. The van der Waals surface area contributed by atoms with Crippen molar-refractivity contribution in [1.29, 1.82) is 0 Å². The fraction of sp³-hybridized carbons (Fsp3) is 0.600. The minimum atomic E-state index is -0.434. The molecule has 0 heterocycles. The topological polar surface area (TPSA) is 64.4 Å². The first-order valence-electron chi connectivity index (χ1n) is 7.35. The second-order valence-electron chi connectivity index (χ2n) is 5.99. The van der Waals surface area contributed by atoms with Crippen LogP contribution in [0.1, 0.15) is 32.1 Å². The predicted octanol–water partition coefficient (Wildman–Crippen LogP) is 3.55. The summed E-state index contributed by atoms with van der Waals surface area (Å²) in [7, 11) is 1.98. The number of halogens is 1. The van der Waals surface area contributed by atoms with Crippen molar-refractivity contribution in [3.63, 3.8) is 0 Å². The van der Waals surface area contributed by atoms with E-state index in [9.17, 15) is 10.1 Å². The molecule has 2 aliphatic carbocycles. The lowest BCUT2D eigenvalue weighted by Crippen LogP contribution is -2.63. The highest BCUT2D eigenvalue weighted by Crippen LogP contribution is 2.55. The van der Waals surface area contributed by atoms with E-state index < -0.39 is 4.92 Å². The van der Waals surface area contributed by atoms with Gasteiger partial charge in [-0.25, -0.2) is 0 Å². The number of hydrogen-bond donors (Lipinski definition) is 1. The van der Waals surface area contributed by atoms with E-state index in [1.807, 2.05) is 7.05 Å². The molecule has 0 bridgehead atoms. The summed E-state index contributed by atoms with van der Waals surface area (Å²) in [6.45, 7) is 0. The number of nitrogens with one attached hydrogen (secondary N) is 1. The molecule has 0 amide bonds. The average molecular weight is 311 g/mol. The lowest BCUT2D eigenvalue weighted by molar-refractivity contribution is -0.386.